The molecule has 90 valence electrons. The van der Waals surface area contributed by atoms with Crippen molar-refractivity contribution in [2.24, 2.45) is 0 Å². The van der Waals surface area contributed by atoms with Crippen LogP contribution in [0.15, 0.2) is 0 Å². The largest absolute Gasteiger partial charge is 0.469 e. The van der Waals surface area contributed by atoms with Gasteiger partial charge in [0.05, 0.1) is 32.4 Å². The van der Waals surface area contributed by atoms with Crippen LogP contribution in [0.4, 0.5) is 0 Å². The maximum atomic E-state index is 12.1. The third-order valence-corrected chi connectivity index (χ3v) is 4.35. The first kappa shape index (κ1) is 14.6. The van der Waals surface area contributed by atoms with E-state index < -0.39 is 19.2 Å². The topological polar surface area (TPSA) is 61.8 Å². The average Bonchev–Trinajstić information content (AvgIpc) is 2.18. The van der Waals surface area contributed by atoms with E-state index in [-0.39, 0.29) is 6.42 Å². The Bertz CT molecular complexity index is 231. The van der Waals surface area contributed by atoms with Crippen molar-refractivity contribution in [3.8, 4) is 0 Å². The van der Waals surface area contributed by atoms with E-state index in [2.05, 4.69) is 4.74 Å². The van der Waals surface area contributed by atoms with E-state index in [9.17, 15) is 9.36 Å². The zero-order chi connectivity index (χ0) is 11.9. The minimum atomic E-state index is -3.18. The number of hydrogen-bond donors (Lipinski definition) is 0. The predicted octanol–water partition coefficient (Wildman–Crippen LogP) is 2.20. The van der Waals surface area contributed by atoms with E-state index in [4.69, 9.17) is 9.05 Å². The van der Waals surface area contributed by atoms with Crippen LogP contribution in [0.3, 0.4) is 0 Å². The summed E-state index contributed by atoms with van der Waals surface area (Å²) in [6.07, 6.45) is 0.0355. The molecular weight excluding hydrogens is 219 g/mol. The highest BCUT2D eigenvalue weighted by Crippen LogP contribution is 2.53. The molecule has 15 heavy (non-hydrogen) atoms. The van der Waals surface area contributed by atoms with Gasteiger partial charge in [0, 0.05) is 0 Å². The van der Waals surface area contributed by atoms with Crippen molar-refractivity contribution < 1.29 is 23.1 Å². The standard InChI is InChI=1S/C9H19O5P/c1-5-13-15(11,14-6-2)8(3)7-9(10)12-4/h8H,5-7H2,1-4H3/t8-/m0/s1. The van der Waals surface area contributed by atoms with Crippen LogP contribution in [0.1, 0.15) is 27.2 Å². The minimum Gasteiger partial charge on any atom is -0.469 e. The molecule has 0 aromatic heterocycles. The number of esters is 1. The van der Waals surface area contributed by atoms with Crippen molar-refractivity contribution in [1.29, 1.82) is 0 Å². The molecule has 0 spiro atoms. The molecule has 0 heterocycles. The smallest absolute Gasteiger partial charge is 0.334 e. The van der Waals surface area contributed by atoms with Crippen LogP contribution in [-0.4, -0.2) is 32.0 Å². The zero-order valence-electron chi connectivity index (χ0n) is 9.69. The van der Waals surface area contributed by atoms with E-state index in [1.807, 2.05) is 0 Å². The maximum Gasteiger partial charge on any atom is 0.334 e. The van der Waals surface area contributed by atoms with Crippen LogP contribution in [-0.2, 0) is 23.1 Å². The highest BCUT2D eigenvalue weighted by atomic mass is 31.2. The van der Waals surface area contributed by atoms with Gasteiger partial charge in [-0.1, -0.05) is 6.92 Å². The third-order valence-electron chi connectivity index (χ3n) is 1.85. The van der Waals surface area contributed by atoms with Crippen LogP contribution in [0.5, 0.6) is 0 Å². The Morgan fingerprint density at radius 3 is 2.07 bits per heavy atom. The summed E-state index contributed by atoms with van der Waals surface area (Å²) in [7, 11) is -1.89. The van der Waals surface area contributed by atoms with Gasteiger partial charge in [0.25, 0.3) is 0 Å². The fourth-order valence-electron chi connectivity index (χ4n) is 1.09. The monoisotopic (exact) mass is 238 g/mol. The van der Waals surface area contributed by atoms with Crippen LogP contribution >= 0.6 is 7.60 Å². The second-order valence-electron chi connectivity index (χ2n) is 3.00. The molecule has 0 bridgehead atoms. The minimum absolute atomic E-state index is 0.0355. The highest BCUT2D eigenvalue weighted by molar-refractivity contribution is 7.54. The lowest BCUT2D eigenvalue weighted by Gasteiger charge is -2.22. The number of ether oxygens (including phenoxy) is 1. The van der Waals surface area contributed by atoms with Crippen molar-refractivity contribution >= 4 is 13.6 Å². The zero-order valence-corrected chi connectivity index (χ0v) is 10.6. The van der Waals surface area contributed by atoms with Gasteiger partial charge in [-0.25, -0.2) is 0 Å². The summed E-state index contributed by atoms with van der Waals surface area (Å²) in [5, 5.41) is 0. The van der Waals surface area contributed by atoms with E-state index in [1.165, 1.54) is 7.11 Å². The molecule has 0 amide bonds. The highest BCUT2D eigenvalue weighted by Gasteiger charge is 2.33. The SMILES string of the molecule is CCOP(=O)(OCC)[C@@H](C)CC(=O)OC. The molecule has 0 saturated heterocycles. The normalized spacial score (nSPS) is 13.6. The molecular formula is C9H19O5P. The Balaban J connectivity index is 4.47. The van der Waals surface area contributed by atoms with Crippen molar-refractivity contribution in [1.82, 2.24) is 0 Å². The Morgan fingerprint density at radius 1 is 1.27 bits per heavy atom. The fraction of sp³-hybridized carbons (Fsp3) is 0.889. The van der Waals surface area contributed by atoms with Gasteiger partial charge in [-0.3, -0.25) is 9.36 Å². The van der Waals surface area contributed by atoms with Crippen molar-refractivity contribution in [2.75, 3.05) is 20.3 Å². The Labute approximate surface area is 90.6 Å². The first-order chi connectivity index (χ1) is 7.00. The summed E-state index contributed by atoms with van der Waals surface area (Å²) in [4.78, 5) is 11.0. The van der Waals surface area contributed by atoms with Crippen molar-refractivity contribution in [3.63, 3.8) is 0 Å². The fourth-order valence-corrected chi connectivity index (χ4v) is 2.76. The van der Waals surface area contributed by atoms with Gasteiger partial charge >= 0.3 is 13.6 Å². The van der Waals surface area contributed by atoms with Crippen LogP contribution in [0.25, 0.3) is 0 Å². The van der Waals surface area contributed by atoms with Crippen LogP contribution in [0.2, 0.25) is 0 Å². The lowest BCUT2D eigenvalue weighted by Crippen LogP contribution is -2.15. The number of carbonyl (C=O) groups excluding carboxylic acids is 1. The van der Waals surface area contributed by atoms with E-state index >= 15 is 0 Å². The maximum absolute atomic E-state index is 12.1. The summed E-state index contributed by atoms with van der Waals surface area (Å²) in [5.41, 5.74) is -0.482. The first-order valence-corrected chi connectivity index (χ1v) is 6.56. The molecule has 0 aromatic carbocycles. The molecule has 6 heteroatoms. The van der Waals surface area contributed by atoms with Gasteiger partial charge < -0.3 is 13.8 Å². The summed E-state index contributed by atoms with van der Waals surface area (Å²) >= 11 is 0. The molecule has 0 unspecified atom stereocenters. The quantitative estimate of drug-likeness (QED) is 0.502. The molecule has 0 aliphatic heterocycles. The lowest BCUT2D eigenvalue weighted by molar-refractivity contribution is -0.140. The summed E-state index contributed by atoms with van der Waals surface area (Å²) in [6, 6.07) is 0. The molecule has 0 N–H and O–H groups in total. The molecule has 0 aliphatic carbocycles. The predicted molar refractivity (Wildman–Crippen MR) is 57.0 cm³/mol. The van der Waals surface area contributed by atoms with Gasteiger partial charge in [0.15, 0.2) is 0 Å². The third kappa shape index (κ3) is 4.78. The second kappa shape index (κ2) is 6.99. The van der Waals surface area contributed by atoms with Gasteiger partial charge in [-0.15, -0.1) is 0 Å². The summed E-state index contributed by atoms with van der Waals surface area (Å²) in [6.45, 7) is 5.71. The summed E-state index contributed by atoms with van der Waals surface area (Å²) in [5.74, 6) is -0.415. The molecule has 0 saturated carbocycles. The first-order valence-electron chi connectivity index (χ1n) is 4.95. The Kier molecular flexibility index (Phi) is 6.81. The van der Waals surface area contributed by atoms with Crippen molar-refractivity contribution in [3.05, 3.63) is 0 Å². The van der Waals surface area contributed by atoms with E-state index in [0.717, 1.165) is 0 Å². The molecule has 0 rings (SSSR count). The van der Waals surface area contributed by atoms with Crippen LogP contribution < -0.4 is 0 Å². The van der Waals surface area contributed by atoms with Crippen molar-refractivity contribution in [2.45, 2.75) is 32.9 Å². The molecule has 0 fully saturated rings. The molecule has 0 radical (unpaired) electrons. The number of methoxy groups -OCH3 is 1. The van der Waals surface area contributed by atoms with Gasteiger partial charge in [0.1, 0.15) is 0 Å². The van der Waals surface area contributed by atoms with Gasteiger partial charge in [-0.05, 0) is 13.8 Å². The Hall–Kier alpha value is -0.380. The molecule has 5 nitrogen and oxygen atoms in total. The van der Waals surface area contributed by atoms with E-state index in [0.29, 0.717) is 13.2 Å². The second-order valence-corrected chi connectivity index (χ2v) is 5.48. The molecule has 1 atom stereocenters. The van der Waals surface area contributed by atoms with E-state index in [1.54, 1.807) is 20.8 Å². The lowest BCUT2D eigenvalue weighted by atomic mass is 10.3. The van der Waals surface area contributed by atoms with Gasteiger partial charge in [0.2, 0.25) is 0 Å². The van der Waals surface area contributed by atoms with Gasteiger partial charge in [-0.2, -0.15) is 0 Å². The molecule has 0 aromatic rings. The van der Waals surface area contributed by atoms with Crippen LogP contribution in [0, 0.1) is 0 Å². The number of hydrogen-bond acceptors (Lipinski definition) is 5. The number of carbonyl (C=O) groups is 1. The summed E-state index contributed by atoms with van der Waals surface area (Å²) < 4.78 is 26.8. The number of rotatable bonds is 7. The Morgan fingerprint density at radius 2 is 1.73 bits per heavy atom. The average molecular weight is 238 g/mol. The molecule has 0 aliphatic rings.